The number of hydrogen-bond acceptors (Lipinski definition) is 3. The third kappa shape index (κ3) is 11.0. The van der Waals surface area contributed by atoms with Gasteiger partial charge in [-0.05, 0) is 136 Å². The van der Waals surface area contributed by atoms with E-state index in [2.05, 4.69) is 152 Å². The lowest BCUT2D eigenvalue weighted by Crippen LogP contribution is -2.50. The van der Waals surface area contributed by atoms with E-state index >= 15 is 0 Å². The summed E-state index contributed by atoms with van der Waals surface area (Å²) in [5.41, 5.74) is 15.0. The molecule has 0 aromatic heterocycles. The zero-order valence-electron chi connectivity index (χ0n) is 36.0. The number of carbonyl (C=O) groups is 1. The number of aryl methyl sites for hydroxylation is 6. The van der Waals surface area contributed by atoms with Gasteiger partial charge in [0, 0.05) is 22.3 Å². The van der Waals surface area contributed by atoms with Gasteiger partial charge in [0.25, 0.3) is 0 Å². The van der Waals surface area contributed by atoms with Gasteiger partial charge in [0.2, 0.25) is 0 Å². The molecule has 5 aromatic carbocycles. The van der Waals surface area contributed by atoms with E-state index in [0.717, 1.165) is 55.4 Å². The van der Waals surface area contributed by atoms with Crippen molar-refractivity contribution in [3.8, 4) is 23.7 Å². The molecule has 0 saturated carbocycles. The van der Waals surface area contributed by atoms with Crippen LogP contribution in [-0.2, 0) is 15.6 Å². The second-order valence-corrected chi connectivity index (χ2v) is 17.5. The summed E-state index contributed by atoms with van der Waals surface area (Å²) in [5.74, 6) is 13.8. The minimum atomic E-state index is -0.950. The van der Waals surface area contributed by atoms with E-state index in [0.29, 0.717) is 22.1 Å². The first-order valence-electron chi connectivity index (χ1n) is 19.5. The smallest absolute Gasteiger partial charge is 0.360 e. The Morgan fingerprint density at radius 3 is 1.00 bits per heavy atom. The third-order valence-electron chi connectivity index (χ3n) is 10.0. The lowest BCUT2D eigenvalue weighted by Gasteiger charge is -2.20. The van der Waals surface area contributed by atoms with Crippen molar-refractivity contribution < 1.29 is 14.8 Å². The van der Waals surface area contributed by atoms with Crippen molar-refractivity contribution in [3.63, 3.8) is 0 Å². The quantitative estimate of drug-likeness (QED) is 0.147. The molecule has 5 aromatic rings. The van der Waals surface area contributed by atoms with Gasteiger partial charge in [-0.3, -0.25) is 0 Å². The lowest BCUT2D eigenvalue weighted by atomic mass is 9.48. The first-order valence-corrected chi connectivity index (χ1v) is 19.5. The van der Waals surface area contributed by atoms with Crippen LogP contribution in [0.3, 0.4) is 0 Å². The molecule has 56 heavy (non-hydrogen) atoms. The van der Waals surface area contributed by atoms with Crippen LogP contribution in [0, 0.1) is 65.2 Å². The fraction of sp³-hybridized carbons (Fsp3) is 0.314. The molecule has 0 fully saturated rings. The number of hydrogen-bond donors (Lipinski definition) is 2. The highest BCUT2D eigenvalue weighted by Crippen LogP contribution is 2.23. The summed E-state index contributed by atoms with van der Waals surface area (Å²) in [6.45, 7) is 26.7. The number of ketones is 1. The second-order valence-electron chi connectivity index (χ2n) is 17.5. The first kappa shape index (κ1) is 43.7. The normalized spacial score (nSPS) is 11.0. The van der Waals surface area contributed by atoms with Gasteiger partial charge >= 0.3 is 13.8 Å². The maximum Gasteiger partial charge on any atom is 0.360 e. The Morgan fingerprint density at radius 2 is 0.750 bits per heavy atom. The van der Waals surface area contributed by atoms with Crippen LogP contribution in [0.5, 0.6) is 0 Å². The van der Waals surface area contributed by atoms with Gasteiger partial charge in [-0.2, -0.15) is 0 Å². The molecule has 0 heterocycles. The van der Waals surface area contributed by atoms with Crippen LogP contribution in [0.1, 0.15) is 122 Å². The van der Waals surface area contributed by atoms with Gasteiger partial charge in [0.1, 0.15) is 5.78 Å². The van der Waals surface area contributed by atoms with Crippen molar-refractivity contribution >= 4 is 41.5 Å². The van der Waals surface area contributed by atoms with Crippen LogP contribution < -0.4 is 21.9 Å². The van der Waals surface area contributed by atoms with Crippen molar-refractivity contribution in [2.75, 3.05) is 0 Å². The van der Waals surface area contributed by atoms with E-state index in [1.54, 1.807) is 0 Å². The Labute approximate surface area is 338 Å². The molecule has 0 amide bonds. The van der Waals surface area contributed by atoms with E-state index in [9.17, 15) is 14.8 Å². The van der Waals surface area contributed by atoms with Crippen molar-refractivity contribution in [1.82, 2.24) is 0 Å². The summed E-state index contributed by atoms with van der Waals surface area (Å²) < 4.78 is 0. The minimum absolute atomic E-state index is 0.0375. The standard InChI is InChI=1S/C48H52B2O2.C3H6O/c1-31-25-33(3)45(34(4)26-31)49(51)43-29-40(20-14-38-17-23-42(24-18-38)48(10,11)12)44(50(52)46-35(5)27-32(2)28-36(46)6)30-39(43)19-13-37-15-21-41(22-16-37)47(7,8)9;1-3(2)4/h15-18,21-30,51-52H,1-12H3;1-2H3. The van der Waals surface area contributed by atoms with E-state index in [1.807, 2.05) is 39.8 Å². The summed E-state index contributed by atoms with van der Waals surface area (Å²) in [4.78, 5) is 9.44. The summed E-state index contributed by atoms with van der Waals surface area (Å²) >= 11 is 0. The zero-order chi connectivity index (χ0) is 41.7. The molecule has 2 N–H and O–H groups in total. The molecule has 286 valence electrons. The van der Waals surface area contributed by atoms with Crippen LogP contribution >= 0.6 is 0 Å². The highest BCUT2D eigenvalue weighted by atomic mass is 16.2. The molecule has 0 aliphatic heterocycles. The summed E-state index contributed by atoms with van der Waals surface area (Å²) in [7, 11) is 0. The number of rotatable bonds is 4. The predicted octanol–water partition coefficient (Wildman–Crippen LogP) is 7.72. The molecule has 0 bridgehead atoms. The number of Topliss-reactive ketones (excluding diaryl/α,β-unsaturated/α-hetero) is 1. The fourth-order valence-electron chi connectivity index (χ4n) is 7.24. The Balaban J connectivity index is 0.00000166. The number of benzene rings is 5. The molecule has 0 atom stereocenters. The Bertz CT molecular complexity index is 2140. The molecular weight excluding hydrogens is 682 g/mol. The molecule has 0 spiro atoms. The largest absolute Gasteiger partial charge is 0.443 e. The summed E-state index contributed by atoms with van der Waals surface area (Å²) in [6, 6.07) is 29.1. The van der Waals surface area contributed by atoms with E-state index < -0.39 is 13.8 Å². The molecule has 0 saturated heterocycles. The molecule has 0 aliphatic rings. The van der Waals surface area contributed by atoms with Gasteiger partial charge in [-0.15, -0.1) is 0 Å². The molecule has 0 unspecified atom stereocenters. The molecule has 0 radical (unpaired) electrons. The van der Waals surface area contributed by atoms with E-state index in [-0.39, 0.29) is 16.6 Å². The van der Waals surface area contributed by atoms with Crippen LogP contribution in [0.25, 0.3) is 0 Å². The maximum absolute atomic E-state index is 12.3. The lowest BCUT2D eigenvalue weighted by molar-refractivity contribution is -0.115. The van der Waals surface area contributed by atoms with Crippen LogP contribution in [0.2, 0.25) is 0 Å². The van der Waals surface area contributed by atoms with Gasteiger partial charge in [-0.25, -0.2) is 0 Å². The average molecular weight is 741 g/mol. The molecule has 5 rings (SSSR count). The Hall–Kier alpha value is -5.06. The van der Waals surface area contributed by atoms with Crippen molar-refractivity contribution in [2.24, 2.45) is 0 Å². The zero-order valence-corrected chi connectivity index (χ0v) is 36.0. The van der Waals surface area contributed by atoms with Crippen molar-refractivity contribution in [1.29, 1.82) is 0 Å². The van der Waals surface area contributed by atoms with Gasteiger partial charge < -0.3 is 14.8 Å². The fourth-order valence-corrected chi connectivity index (χ4v) is 7.24. The predicted molar refractivity (Wildman–Crippen MR) is 241 cm³/mol. The monoisotopic (exact) mass is 740 g/mol. The van der Waals surface area contributed by atoms with Crippen LogP contribution in [0.15, 0.2) is 84.9 Å². The van der Waals surface area contributed by atoms with E-state index in [4.69, 9.17) is 0 Å². The van der Waals surface area contributed by atoms with Crippen molar-refractivity contribution in [3.05, 3.63) is 152 Å². The number of carbonyl (C=O) groups excluding carboxylic acids is 1. The summed E-state index contributed by atoms with van der Waals surface area (Å²) in [6.07, 6.45) is 0. The SMILES string of the molecule is CC(C)=O.Cc1cc(C)c(B(O)c2cc(C#Cc3ccc(C(C)(C)C)cc3)c(B(O)c3c(C)cc(C)cc3C)cc2C#Cc2ccc(C(C)(C)C)cc2)c(C)c1. The highest BCUT2D eigenvalue weighted by Gasteiger charge is 2.29. The maximum atomic E-state index is 12.3. The summed E-state index contributed by atoms with van der Waals surface area (Å²) in [5, 5.41) is 24.5. The molecule has 5 heteroatoms. The van der Waals surface area contributed by atoms with Gasteiger partial charge in [0.05, 0.1) is 0 Å². The van der Waals surface area contributed by atoms with Gasteiger partial charge in [-0.1, -0.05) is 147 Å². The van der Waals surface area contributed by atoms with Crippen LogP contribution in [0.4, 0.5) is 0 Å². The first-order chi connectivity index (χ1) is 26.1. The Kier molecular flexibility index (Phi) is 13.9. The molecular formula is C51H58B2O3. The highest BCUT2D eigenvalue weighted by molar-refractivity contribution is 6.82. The Morgan fingerprint density at radius 1 is 0.482 bits per heavy atom. The van der Waals surface area contributed by atoms with Crippen LogP contribution in [-0.4, -0.2) is 29.7 Å². The second kappa shape index (κ2) is 17.8. The molecule has 0 aliphatic carbocycles. The van der Waals surface area contributed by atoms with E-state index in [1.165, 1.54) is 25.0 Å². The van der Waals surface area contributed by atoms with Crippen molar-refractivity contribution in [2.45, 2.75) is 108 Å². The minimum Gasteiger partial charge on any atom is -0.443 e. The third-order valence-corrected chi connectivity index (χ3v) is 10.0. The van der Waals surface area contributed by atoms with Gasteiger partial charge in [0.15, 0.2) is 0 Å². The average Bonchev–Trinajstić information content (AvgIpc) is 3.08. The molecule has 3 nitrogen and oxygen atoms in total. The topological polar surface area (TPSA) is 57.5 Å².